The van der Waals surface area contributed by atoms with Gasteiger partial charge in [0.1, 0.15) is 24.8 Å². The Morgan fingerprint density at radius 2 is 1.81 bits per heavy atom. The molecule has 3 heterocycles. The minimum Gasteiger partial charge on any atom is -0.305 e. The Morgan fingerprint density at radius 3 is 2.41 bits per heavy atom. The van der Waals surface area contributed by atoms with Crippen LogP contribution in [0.2, 0.25) is 0 Å². The molecule has 0 saturated heterocycles. The molecular formula is C21H31BrN5O3S2+. The standard InChI is InChI=1S/C21H31BrN5O3S2/c1-20(2,3)21(4,5)31(8)30-13-16-11-26-10-15(22)9-17(19(26)24-16)18-12-27(14-23-18)32(28,29)25(6)7/h9-12,14H,13H2,1-8H3/q+1. The van der Waals surface area contributed by atoms with Crippen LogP contribution in [0.5, 0.6) is 0 Å². The number of hydrogen-bond donors (Lipinski definition) is 0. The minimum absolute atomic E-state index is 0.00507. The molecule has 3 aromatic rings. The summed E-state index contributed by atoms with van der Waals surface area (Å²) in [7, 11) is -0.673. The number of imidazole rings is 2. The van der Waals surface area contributed by atoms with Crippen molar-refractivity contribution in [3.63, 3.8) is 0 Å². The van der Waals surface area contributed by atoms with E-state index in [9.17, 15) is 8.42 Å². The van der Waals surface area contributed by atoms with Gasteiger partial charge in [-0.2, -0.15) is 16.9 Å². The molecule has 1 unspecified atom stereocenters. The lowest BCUT2D eigenvalue weighted by atomic mass is 9.83. The van der Waals surface area contributed by atoms with E-state index < -0.39 is 10.2 Å². The molecule has 8 nitrogen and oxygen atoms in total. The van der Waals surface area contributed by atoms with E-state index in [1.165, 1.54) is 26.6 Å². The van der Waals surface area contributed by atoms with Gasteiger partial charge in [-0.05, 0) is 35.8 Å². The Morgan fingerprint density at radius 1 is 1.16 bits per heavy atom. The molecule has 0 aliphatic heterocycles. The third kappa shape index (κ3) is 4.77. The highest BCUT2D eigenvalue weighted by Crippen LogP contribution is 2.38. The summed E-state index contributed by atoms with van der Waals surface area (Å²) in [6.45, 7) is 11.5. The van der Waals surface area contributed by atoms with Crippen molar-refractivity contribution in [2.45, 2.75) is 46.0 Å². The topological polar surface area (TPSA) is 81.7 Å². The Labute approximate surface area is 201 Å². The van der Waals surface area contributed by atoms with E-state index in [0.29, 0.717) is 17.9 Å². The highest BCUT2D eigenvalue weighted by atomic mass is 79.9. The van der Waals surface area contributed by atoms with Crippen LogP contribution in [0.15, 0.2) is 35.5 Å². The van der Waals surface area contributed by atoms with Crippen molar-refractivity contribution in [1.82, 2.24) is 22.6 Å². The molecule has 0 spiro atoms. The van der Waals surface area contributed by atoms with Crippen molar-refractivity contribution in [1.29, 1.82) is 0 Å². The third-order valence-corrected chi connectivity index (χ3v) is 10.7. The molecule has 0 fully saturated rings. The lowest BCUT2D eigenvalue weighted by molar-refractivity contribution is 0.273. The first kappa shape index (κ1) is 25.2. The number of rotatable bonds is 7. The van der Waals surface area contributed by atoms with Crippen LogP contribution in [0.25, 0.3) is 16.9 Å². The van der Waals surface area contributed by atoms with Gasteiger partial charge in [-0.1, -0.05) is 20.8 Å². The minimum atomic E-state index is -3.64. The van der Waals surface area contributed by atoms with Gasteiger partial charge in [0.2, 0.25) is 0 Å². The highest BCUT2D eigenvalue weighted by Gasteiger charge is 2.48. The molecule has 32 heavy (non-hydrogen) atoms. The summed E-state index contributed by atoms with van der Waals surface area (Å²) >= 11 is 3.26. The van der Waals surface area contributed by atoms with Crippen molar-refractivity contribution < 1.29 is 12.6 Å². The predicted octanol–water partition coefficient (Wildman–Crippen LogP) is 4.12. The van der Waals surface area contributed by atoms with Gasteiger partial charge in [-0.15, -0.1) is 0 Å². The molecule has 0 amide bonds. The molecule has 176 valence electrons. The monoisotopic (exact) mass is 544 g/mol. The molecule has 11 heteroatoms. The lowest BCUT2D eigenvalue weighted by Crippen LogP contribution is -2.44. The number of fused-ring (bicyclic) bond motifs is 1. The van der Waals surface area contributed by atoms with E-state index >= 15 is 0 Å². The smallest absolute Gasteiger partial charge is 0.305 e. The molecule has 0 bridgehead atoms. The second-order valence-electron chi connectivity index (χ2n) is 9.39. The molecule has 3 aromatic heterocycles. The van der Waals surface area contributed by atoms with Crippen LogP contribution >= 0.6 is 15.9 Å². The van der Waals surface area contributed by atoms with E-state index in [4.69, 9.17) is 9.17 Å². The van der Waals surface area contributed by atoms with E-state index in [2.05, 4.69) is 61.8 Å². The van der Waals surface area contributed by atoms with Gasteiger partial charge in [0.15, 0.2) is 15.9 Å². The third-order valence-electron chi connectivity index (χ3n) is 6.04. The summed E-state index contributed by atoms with van der Waals surface area (Å²) < 4.78 is 36.0. The normalized spacial score (nSPS) is 14.4. The van der Waals surface area contributed by atoms with Crippen LogP contribution in [0.4, 0.5) is 0 Å². The molecule has 0 N–H and O–H groups in total. The van der Waals surface area contributed by atoms with E-state index in [-0.39, 0.29) is 21.3 Å². The van der Waals surface area contributed by atoms with Crippen LogP contribution in [0, 0.1) is 5.41 Å². The lowest BCUT2D eigenvalue weighted by Gasteiger charge is -2.34. The van der Waals surface area contributed by atoms with Crippen molar-refractivity contribution in [2.75, 3.05) is 20.4 Å². The summed E-state index contributed by atoms with van der Waals surface area (Å²) in [4.78, 5) is 9.09. The largest absolute Gasteiger partial charge is 0.308 e. The van der Waals surface area contributed by atoms with E-state index in [1.807, 2.05) is 22.9 Å². The number of nitrogens with zero attached hydrogens (tertiary/aromatic N) is 5. The summed E-state index contributed by atoms with van der Waals surface area (Å²) in [5.41, 5.74) is 2.83. The maximum absolute atomic E-state index is 12.4. The summed E-state index contributed by atoms with van der Waals surface area (Å²) in [6.07, 6.45) is 8.76. The van der Waals surface area contributed by atoms with Gasteiger partial charge in [-0.25, -0.2) is 13.9 Å². The van der Waals surface area contributed by atoms with Crippen molar-refractivity contribution >= 4 is 43.0 Å². The molecule has 3 rings (SSSR count). The molecule has 0 aromatic carbocycles. The molecule has 0 aliphatic carbocycles. The zero-order chi connectivity index (χ0) is 24.1. The zero-order valence-corrected chi connectivity index (χ0v) is 23.0. The van der Waals surface area contributed by atoms with Crippen molar-refractivity contribution in [3.8, 4) is 11.3 Å². The second-order valence-corrected chi connectivity index (χ2v) is 14.5. The van der Waals surface area contributed by atoms with Gasteiger partial charge in [0.05, 0.1) is 11.4 Å². The first-order chi connectivity index (χ1) is 14.6. The number of pyridine rings is 1. The fraction of sp³-hybridized carbons (Fsp3) is 0.524. The Kier molecular flexibility index (Phi) is 6.90. The molecule has 0 radical (unpaired) electrons. The summed E-state index contributed by atoms with van der Waals surface area (Å²) in [5.74, 6) is 0. The second kappa shape index (κ2) is 8.75. The summed E-state index contributed by atoms with van der Waals surface area (Å²) in [5, 5.41) is 0. The number of halogens is 1. The van der Waals surface area contributed by atoms with Crippen LogP contribution < -0.4 is 0 Å². The average molecular weight is 546 g/mol. The number of hydrogen-bond acceptors (Lipinski definition) is 5. The van der Waals surface area contributed by atoms with Gasteiger partial charge < -0.3 is 4.40 Å². The van der Waals surface area contributed by atoms with Crippen LogP contribution in [0.1, 0.15) is 40.3 Å². The summed E-state index contributed by atoms with van der Waals surface area (Å²) in [6, 6.07) is 1.88. The van der Waals surface area contributed by atoms with Crippen LogP contribution in [-0.2, 0) is 32.2 Å². The van der Waals surface area contributed by atoms with E-state index in [0.717, 1.165) is 24.0 Å². The Balaban J connectivity index is 1.93. The van der Waals surface area contributed by atoms with Crippen molar-refractivity contribution in [2.24, 2.45) is 5.41 Å². The first-order valence-corrected chi connectivity index (χ1v) is 13.8. The molecular weight excluding hydrogens is 514 g/mol. The van der Waals surface area contributed by atoms with Gasteiger partial charge >= 0.3 is 10.2 Å². The maximum Gasteiger partial charge on any atom is 0.308 e. The molecule has 0 aliphatic rings. The van der Waals surface area contributed by atoms with Gasteiger partial charge in [0.25, 0.3) is 0 Å². The van der Waals surface area contributed by atoms with Gasteiger partial charge in [-0.3, -0.25) is 0 Å². The van der Waals surface area contributed by atoms with Crippen LogP contribution in [-0.4, -0.2) is 56.2 Å². The number of aromatic nitrogens is 4. The average Bonchev–Trinajstić information content (AvgIpc) is 3.31. The van der Waals surface area contributed by atoms with E-state index in [1.54, 1.807) is 0 Å². The Bertz CT molecular complexity index is 1230. The molecule has 1 atom stereocenters. The highest BCUT2D eigenvalue weighted by molar-refractivity contribution is 9.10. The molecule has 0 saturated carbocycles. The fourth-order valence-electron chi connectivity index (χ4n) is 2.86. The van der Waals surface area contributed by atoms with Crippen LogP contribution in [0.3, 0.4) is 0 Å². The van der Waals surface area contributed by atoms with Crippen molar-refractivity contribution in [3.05, 3.63) is 41.2 Å². The fourth-order valence-corrected chi connectivity index (χ4v) is 5.54. The first-order valence-electron chi connectivity index (χ1n) is 10.1. The zero-order valence-electron chi connectivity index (χ0n) is 19.7. The predicted molar refractivity (Wildman–Crippen MR) is 134 cm³/mol. The van der Waals surface area contributed by atoms with Gasteiger partial charge in [0, 0.05) is 48.1 Å². The SMILES string of the molecule is CN(C)S(=O)(=O)n1cnc(-c2cc(Br)cn3cc(CO[S+](C)C(C)(C)C(C)(C)C)nc23)c1. The maximum atomic E-state index is 12.4. The Hall–Kier alpha value is -1.40. The quantitative estimate of drug-likeness (QED) is 0.418.